The molecule has 0 heterocycles. The summed E-state index contributed by atoms with van der Waals surface area (Å²) in [5.74, 6) is -0.249. The van der Waals surface area contributed by atoms with Crippen molar-refractivity contribution in [2.45, 2.75) is 52.2 Å². The molecule has 4 heteroatoms. The predicted molar refractivity (Wildman–Crippen MR) is 130 cm³/mol. The number of rotatable bonds is 6. The molecule has 1 aliphatic rings. The predicted octanol–water partition coefficient (Wildman–Crippen LogP) is 4.95. The smallest absolute Gasteiger partial charge is 0.309 e. The summed E-state index contributed by atoms with van der Waals surface area (Å²) in [6.07, 6.45) is 0.748. The highest BCUT2D eigenvalue weighted by Gasteiger charge is 2.55. The van der Waals surface area contributed by atoms with Crippen LogP contribution in [-0.4, -0.2) is 27.5 Å². The summed E-state index contributed by atoms with van der Waals surface area (Å²) in [5, 5.41) is 2.42. The van der Waals surface area contributed by atoms with Gasteiger partial charge in [0.1, 0.15) is 0 Å². The highest BCUT2D eigenvalue weighted by molar-refractivity contribution is 6.99. The average molecular weight is 437 g/mol. The molecule has 2 aromatic rings. The van der Waals surface area contributed by atoms with E-state index in [1.54, 1.807) is 0 Å². The Balaban J connectivity index is 2.14. The second-order valence-electron chi connectivity index (χ2n) is 9.92. The molecular weight excluding hydrogens is 400 g/mol. The van der Waals surface area contributed by atoms with E-state index in [4.69, 9.17) is 9.16 Å². The normalized spacial score (nSPS) is 24.1. The lowest BCUT2D eigenvalue weighted by Gasteiger charge is -2.45. The van der Waals surface area contributed by atoms with Gasteiger partial charge < -0.3 is 9.16 Å². The molecule has 0 saturated heterocycles. The lowest BCUT2D eigenvalue weighted by molar-refractivity contribution is -0.148. The first-order valence-corrected chi connectivity index (χ1v) is 13.1. The lowest BCUT2D eigenvalue weighted by atomic mass is 9.86. The Morgan fingerprint density at radius 3 is 1.87 bits per heavy atom. The minimum atomic E-state index is -2.68. The second-order valence-corrected chi connectivity index (χ2v) is 14.2. The zero-order valence-electron chi connectivity index (χ0n) is 19.7. The van der Waals surface area contributed by atoms with Crippen LogP contribution >= 0.6 is 0 Å². The van der Waals surface area contributed by atoms with Gasteiger partial charge in [-0.1, -0.05) is 101 Å². The summed E-state index contributed by atoms with van der Waals surface area (Å²) < 4.78 is 12.5. The van der Waals surface area contributed by atoms with E-state index in [9.17, 15) is 4.79 Å². The summed E-state index contributed by atoms with van der Waals surface area (Å²) in [6, 6.07) is 21.3. The maximum absolute atomic E-state index is 12.7. The van der Waals surface area contributed by atoms with Crippen LogP contribution in [0.5, 0.6) is 0 Å². The van der Waals surface area contributed by atoms with Gasteiger partial charge in [-0.3, -0.25) is 4.79 Å². The third-order valence-corrected chi connectivity index (χ3v) is 12.0. The van der Waals surface area contributed by atoms with Gasteiger partial charge in [-0.25, -0.2) is 0 Å². The van der Waals surface area contributed by atoms with Gasteiger partial charge in [0.25, 0.3) is 8.32 Å². The third kappa shape index (κ3) is 4.28. The number of benzene rings is 2. The zero-order valence-corrected chi connectivity index (χ0v) is 20.7. The number of hydrogen-bond donors (Lipinski definition) is 0. The number of methoxy groups -OCH3 is 1. The number of allylic oxidation sites excluding steroid dienone is 1. The van der Waals surface area contributed by atoms with Crippen LogP contribution in [0.4, 0.5) is 0 Å². The van der Waals surface area contributed by atoms with E-state index in [0.29, 0.717) is 0 Å². The van der Waals surface area contributed by atoms with Gasteiger partial charge in [0.05, 0.1) is 13.0 Å². The zero-order chi connectivity index (χ0) is 22.8. The number of carbonyl (C=O) groups is 1. The summed E-state index contributed by atoms with van der Waals surface area (Å²) in [7, 11) is -1.20. The fraction of sp³-hybridized carbons (Fsp3) is 0.444. The van der Waals surface area contributed by atoms with Crippen molar-refractivity contribution in [3.05, 3.63) is 72.8 Å². The SMILES string of the molecule is C=C(C)[C@H]1C[C@H](O[Si](c2ccccc2)(c2ccccc2)C(C)(C)C)[C@H](C)[C@H]1C(=O)OC. The van der Waals surface area contributed by atoms with Crippen LogP contribution in [0.15, 0.2) is 72.8 Å². The van der Waals surface area contributed by atoms with Crippen LogP contribution in [-0.2, 0) is 14.0 Å². The number of carbonyl (C=O) groups excluding carboxylic acids is 1. The molecule has 0 radical (unpaired) electrons. The average Bonchev–Trinajstić information content (AvgIpc) is 3.08. The van der Waals surface area contributed by atoms with Crippen molar-refractivity contribution in [2.24, 2.45) is 17.8 Å². The molecule has 4 atom stereocenters. The largest absolute Gasteiger partial charge is 0.469 e. The topological polar surface area (TPSA) is 35.5 Å². The Kier molecular flexibility index (Phi) is 6.92. The van der Waals surface area contributed by atoms with Crippen molar-refractivity contribution in [2.75, 3.05) is 7.11 Å². The Morgan fingerprint density at radius 2 is 1.48 bits per heavy atom. The van der Waals surface area contributed by atoms with Gasteiger partial charge in [-0.15, -0.1) is 0 Å². The molecule has 0 spiro atoms. The molecular formula is C27H36O3Si. The highest BCUT2D eigenvalue weighted by Crippen LogP contribution is 2.46. The van der Waals surface area contributed by atoms with Crippen molar-refractivity contribution < 1.29 is 14.0 Å². The monoisotopic (exact) mass is 436 g/mol. The Labute approximate surface area is 188 Å². The van der Waals surface area contributed by atoms with Crippen molar-refractivity contribution in [1.29, 1.82) is 0 Å². The molecule has 3 rings (SSSR count). The van der Waals surface area contributed by atoms with E-state index in [1.165, 1.54) is 17.5 Å². The van der Waals surface area contributed by atoms with E-state index >= 15 is 0 Å². The summed E-state index contributed by atoms with van der Waals surface area (Å²) in [5.41, 5.74) is 1.02. The molecule has 1 fully saturated rings. The maximum atomic E-state index is 12.7. The van der Waals surface area contributed by atoms with Gasteiger partial charge in [0.2, 0.25) is 0 Å². The molecule has 0 aliphatic heterocycles. The van der Waals surface area contributed by atoms with Gasteiger partial charge in [0, 0.05) is 6.10 Å². The van der Waals surface area contributed by atoms with Crippen molar-refractivity contribution in [3.8, 4) is 0 Å². The number of ether oxygens (including phenoxy) is 1. The van der Waals surface area contributed by atoms with Crippen LogP contribution in [0.1, 0.15) is 41.0 Å². The van der Waals surface area contributed by atoms with E-state index in [-0.39, 0.29) is 34.9 Å². The molecule has 1 saturated carbocycles. The quantitative estimate of drug-likeness (QED) is 0.365. The number of esters is 1. The van der Waals surface area contributed by atoms with Crippen LogP contribution in [0.25, 0.3) is 0 Å². The van der Waals surface area contributed by atoms with Gasteiger partial charge in [-0.05, 0) is 40.6 Å². The molecule has 0 N–H and O–H groups in total. The second kappa shape index (κ2) is 9.13. The first-order chi connectivity index (χ1) is 14.6. The van der Waals surface area contributed by atoms with Gasteiger partial charge in [-0.2, -0.15) is 0 Å². The van der Waals surface area contributed by atoms with Crippen LogP contribution in [0, 0.1) is 17.8 Å². The fourth-order valence-electron chi connectivity index (χ4n) is 5.31. The summed E-state index contributed by atoms with van der Waals surface area (Å²) in [6.45, 7) is 15.2. The minimum Gasteiger partial charge on any atom is -0.469 e. The highest BCUT2D eigenvalue weighted by atomic mass is 28.4. The first-order valence-electron chi connectivity index (χ1n) is 11.2. The molecule has 0 aromatic heterocycles. The minimum absolute atomic E-state index is 0.0443. The molecule has 0 amide bonds. The Bertz CT molecular complexity index is 862. The van der Waals surface area contributed by atoms with Crippen LogP contribution in [0.3, 0.4) is 0 Å². The van der Waals surface area contributed by atoms with Gasteiger partial charge >= 0.3 is 5.97 Å². The number of hydrogen-bond acceptors (Lipinski definition) is 3. The van der Waals surface area contributed by atoms with Crippen LogP contribution in [0.2, 0.25) is 5.04 Å². The molecule has 166 valence electrons. The maximum Gasteiger partial charge on any atom is 0.309 e. The van der Waals surface area contributed by atoms with Crippen molar-refractivity contribution in [3.63, 3.8) is 0 Å². The standard InChI is InChI=1S/C27H36O3Si/c1-19(2)23-18-24(20(3)25(23)26(28)29-7)30-31(27(4,5)6,21-14-10-8-11-15-21)22-16-12-9-13-17-22/h8-17,20,23-25H,1,18H2,2-7H3/t20-,23+,24-,25+/m0/s1. The van der Waals surface area contributed by atoms with E-state index < -0.39 is 8.32 Å². The van der Waals surface area contributed by atoms with Crippen LogP contribution < -0.4 is 10.4 Å². The van der Waals surface area contributed by atoms with E-state index in [1.807, 2.05) is 6.92 Å². The molecule has 1 aliphatic carbocycles. The Morgan fingerprint density at radius 1 is 1.00 bits per heavy atom. The molecule has 2 aromatic carbocycles. The Hall–Kier alpha value is -2.17. The first kappa shape index (κ1) is 23.5. The summed E-state index contributed by atoms with van der Waals surface area (Å²) in [4.78, 5) is 12.7. The van der Waals surface area contributed by atoms with E-state index in [2.05, 4.69) is 94.9 Å². The summed E-state index contributed by atoms with van der Waals surface area (Å²) >= 11 is 0. The van der Waals surface area contributed by atoms with Crippen molar-refractivity contribution >= 4 is 24.7 Å². The third-order valence-electron chi connectivity index (χ3n) is 6.92. The van der Waals surface area contributed by atoms with Crippen molar-refractivity contribution in [1.82, 2.24) is 0 Å². The molecule has 0 bridgehead atoms. The molecule has 31 heavy (non-hydrogen) atoms. The molecule has 0 unspecified atom stereocenters. The lowest BCUT2D eigenvalue weighted by Crippen LogP contribution is -2.68. The fourth-order valence-corrected chi connectivity index (χ4v) is 10.1. The molecule has 3 nitrogen and oxygen atoms in total. The van der Waals surface area contributed by atoms with E-state index in [0.717, 1.165) is 12.0 Å². The van der Waals surface area contributed by atoms with Gasteiger partial charge in [0.15, 0.2) is 0 Å².